The Morgan fingerprint density at radius 3 is 2.58 bits per heavy atom. The number of nitrogens with zero attached hydrogens (tertiary/aromatic N) is 1. The number of hydrogen-bond donors (Lipinski definition) is 1. The van der Waals surface area contributed by atoms with Crippen LogP contribution in [-0.4, -0.2) is 27.6 Å². The van der Waals surface area contributed by atoms with Gasteiger partial charge in [-0.05, 0) is 36.4 Å². The van der Waals surface area contributed by atoms with E-state index in [1.165, 1.54) is 20.3 Å². The fourth-order valence-corrected chi connectivity index (χ4v) is 3.65. The van der Waals surface area contributed by atoms with Gasteiger partial charge in [-0.25, -0.2) is 8.42 Å². The van der Waals surface area contributed by atoms with Crippen molar-refractivity contribution in [2.24, 2.45) is 0 Å². The molecule has 24 heavy (non-hydrogen) atoms. The lowest BCUT2D eigenvalue weighted by Crippen LogP contribution is -2.14. The summed E-state index contributed by atoms with van der Waals surface area (Å²) in [5, 5.41) is 0.713. The van der Waals surface area contributed by atoms with Crippen molar-refractivity contribution in [2.45, 2.75) is 4.90 Å². The number of fused-ring (bicyclic) bond motifs is 1. The third kappa shape index (κ3) is 2.98. The molecule has 0 atom stereocenters. The number of rotatable bonds is 5. The molecule has 1 aromatic heterocycles. The molecule has 2 aromatic carbocycles. The van der Waals surface area contributed by atoms with Crippen molar-refractivity contribution in [1.82, 2.24) is 4.98 Å². The number of sulfonamides is 1. The van der Waals surface area contributed by atoms with Crippen molar-refractivity contribution in [1.29, 1.82) is 0 Å². The standard InChI is InChI=1S/C17H16N2O4S/c1-22-12-8-9-16(23-2)17(11-12)24(20,21)19-15-7-3-6-14-13(15)5-4-10-18-14/h3-11,19H,1-2H3. The normalized spacial score (nSPS) is 11.2. The first kappa shape index (κ1) is 16.1. The second-order valence-electron chi connectivity index (χ2n) is 5.00. The summed E-state index contributed by atoms with van der Waals surface area (Å²) in [5.41, 5.74) is 1.15. The molecule has 1 heterocycles. The predicted molar refractivity (Wildman–Crippen MR) is 92.1 cm³/mol. The Morgan fingerprint density at radius 2 is 1.83 bits per heavy atom. The lowest BCUT2D eigenvalue weighted by atomic mass is 10.2. The number of hydrogen-bond acceptors (Lipinski definition) is 5. The molecule has 0 saturated carbocycles. The van der Waals surface area contributed by atoms with Crippen LogP contribution in [-0.2, 0) is 10.0 Å². The molecule has 0 bridgehead atoms. The van der Waals surface area contributed by atoms with Gasteiger partial charge in [0.05, 0.1) is 25.4 Å². The van der Waals surface area contributed by atoms with E-state index < -0.39 is 10.0 Å². The van der Waals surface area contributed by atoms with Crippen LogP contribution in [0.1, 0.15) is 0 Å². The molecule has 1 N–H and O–H groups in total. The summed E-state index contributed by atoms with van der Waals surface area (Å²) in [7, 11) is -0.969. The number of ether oxygens (including phenoxy) is 2. The lowest BCUT2D eigenvalue weighted by molar-refractivity contribution is 0.392. The molecule has 3 aromatic rings. The number of aromatic nitrogens is 1. The van der Waals surface area contributed by atoms with E-state index in [1.54, 1.807) is 36.5 Å². The molecule has 0 amide bonds. The molecule has 0 fully saturated rings. The maximum atomic E-state index is 12.8. The highest BCUT2D eigenvalue weighted by Gasteiger charge is 2.21. The zero-order valence-corrected chi connectivity index (χ0v) is 14.0. The Labute approximate surface area is 140 Å². The van der Waals surface area contributed by atoms with Gasteiger partial charge in [0, 0.05) is 17.6 Å². The third-order valence-electron chi connectivity index (χ3n) is 3.55. The largest absolute Gasteiger partial charge is 0.497 e. The van der Waals surface area contributed by atoms with Gasteiger partial charge < -0.3 is 9.47 Å². The monoisotopic (exact) mass is 344 g/mol. The van der Waals surface area contributed by atoms with Crippen LogP contribution in [0, 0.1) is 0 Å². The van der Waals surface area contributed by atoms with Gasteiger partial charge in [-0.1, -0.05) is 6.07 Å². The lowest BCUT2D eigenvalue weighted by Gasteiger charge is -2.14. The zero-order valence-electron chi connectivity index (χ0n) is 13.2. The highest BCUT2D eigenvalue weighted by molar-refractivity contribution is 7.92. The maximum Gasteiger partial charge on any atom is 0.265 e. The Kier molecular flexibility index (Phi) is 4.26. The van der Waals surface area contributed by atoms with Crippen molar-refractivity contribution in [2.75, 3.05) is 18.9 Å². The number of nitrogens with one attached hydrogen (secondary N) is 1. The molecule has 0 unspecified atom stereocenters. The fraction of sp³-hybridized carbons (Fsp3) is 0.118. The fourth-order valence-electron chi connectivity index (χ4n) is 2.39. The molecule has 0 radical (unpaired) electrons. The minimum Gasteiger partial charge on any atom is -0.497 e. The van der Waals surface area contributed by atoms with Crippen LogP contribution in [0.3, 0.4) is 0 Å². The van der Waals surface area contributed by atoms with Gasteiger partial charge >= 0.3 is 0 Å². The average Bonchev–Trinajstić information content (AvgIpc) is 2.61. The molecule has 0 spiro atoms. The first-order valence-corrected chi connectivity index (χ1v) is 8.62. The Hall–Kier alpha value is -2.80. The van der Waals surface area contributed by atoms with Crippen LogP contribution in [0.2, 0.25) is 0 Å². The van der Waals surface area contributed by atoms with Gasteiger partial charge in [-0.3, -0.25) is 9.71 Å². The molecular formula is C17H16N2O4S. The Balaban J connectivity index is 2.08. The molecule has 0 aliphatic carbocycles. The van der Waals surface area contributed by atoms with Crippen LogP contribution < -0.4 is 14.2 Å². The van der Waals surface area contributed by atoms with Crippen LogP contribution in [0.25, 0.3) is 10.9 Å². The second kappa shape index (κ2) is 6.37. The molecule has 124 valence electrons. The second-order valence-corrected chi connectivity index (χ2v) is 6.65. The summed E-state index contributed by atoms with van der Waals surface area (Å²) in [6.07, 6.45) is 1.66. The van der Waals surface area contributed by atoms with Gasteiger partial charge in [0.15, 0.2) is 0 Å². The molecular weight excluding hydrogens is 328 g/mol. The maximum absolute atomic E-state index is 12.8. The third-order valence-corrected chi connectivity index (χ3v) is 4.94. The summed E-state index contributed by atoms with van der Waals surface area (Å²) >= 11 is 0. The van der Waals surface area contributed by atoms with Crippen molar-refractivity contribution in [3.63, 3.8) is 0 Å². The first-order valence-electron chi connectivity index (χ1n) is 7.14. The highest BCUT2D eigenvalue weighted by Crippen LogP contribution is 2.31. The SMILES string of the molecule is COc1ccc(OC)c(S(=O)(=O)Nc2cccc3ncccc23)c1. The zero-order chi connectivity index (χ0) is 17.2. The van der Waals surface area contributed by atoms with Gasteiger partial charge in [0.2, 0.25) is 0 Å². The van der Waals surface area contributed by atoms with E-state index in [-0.39, 0.29) is 10.6 Å². The van der Waals surface area contributed by atoms with Crippen molar-refractivity contribution < 1.29 is 17.9 Å². The number of anilines is 1. The van der Waals surface area contributed by atoms with Crippen LogP contribution >= 0.6 is 0 Å². The van der Waals surface area contributed by atoms with Crippen LogP contribution in [0.5, 0.6) is 11.5 Å². The number of benzene rings is 2. The minimum atomic E-state index is -3.86. The number of methoxy groups -OCH3 is 2. The van der Waals surface area contributed by atoms with E-state index in [4.69, 9.17) is 9.47 Å². The van der Waals surface area contributed by atoms with E-state index in [0.717, 1.165) is 0 Å². The molecule has 0 aliphatic heterocycles. The first-order chi connectivity index (χ1) is 11.5. The summed E-state index contributed by atoms with van der Waals surface area (Å²) in [6, 6.07) is 13.4. The van der Waals surface area contributed by atoms with Crippen LogP contribution in [0.4, 0.5) is 5.69 Å². The van der Waals surface area contributed by atoms with Crippen molar-refractivity contribution in [3.05, 3.63) is 54.7 Å². The molecule has 0 aliphatic rings. The predicted octanol–water partition coefficient (Wildman–Crippen LogP) is 3.05. The minimum absolute atomic E-state index is 0.00485. The van der Waals surface area contributed by atoms with Crippen molar-refractivity contribution in [3.8, 4) is 11.5 Å². The van der Waals surface area contributed by atoms with E-state index in [2.05, 4.69) is 9.71 Å². The van der Waals surface area contributed by atoms with Gasteiger partial charge in [-0.15, -0.1) is 0 Å². The quantitative estimate of drug-likeness (QED) is 0.770. The van der Waals surface area contributed by atoms with E-state index in [1.807, 2.05) is 12.1 Å². The van der Waals surface area contributed by atoms with Gasteiger partial charge in [0.25, 0.3) is 10.0 Å². The summed E-state index contributed by atoms with van der Waals surface area (Å²) < 4.78 is 38.5. The van der Waals surface area contributed by atoms with E-state index in [9.17, 15) is 8.42 Å². The Morgan fingerprint density at radius 1 is 1.00 bits per heavy atom. The molecule has 0 saturated heterocycles. The van der Waals surface area contributed by atoms with Gasteiger partial charge in [-0.2, -0.15) is 0 Å². The summed E-state index contributed by atoms with van der Waals surface area (Å²) in [4.78, 5) is 4.23. The summed E-state index contributed by atoms with van der Waals surface area (Å²) in [5.74, 6) is 0.664. The molecule has 6 nitrogen and oxygen atoms in total. The summed E-state index contributed by atoms with van der Waals surface area (Å²) in [6.45, 7) is 0. The van der Waals surface area contributed by atoms with Gasteiger partial charge in [0.1, 0.15) is 16.4 Å². The topological polar surface area (TPSA) is 77.5 Å². The van der Waals surface area contributed by atoms with Crippen LogP contribution in [0.15, 0.2) is 59.6 Å². The van der Waals surface area contributed by atoms with E-state index in [0.29, 0.717) is 22.3 Å². The Bertz CT molecular complexity index is 982. The molecule has 7 heteroatoms. The van der Waals surface area contributed by atoms with E-state index >= 15 is 0 Å². The smallest absolute Gasteiger partial charge is 0.265 e. The molecule has 3 rings (SSSR count). The van der Waals surface area contributed by atoms with Crippen molar-refractivity contribution >= 4 is 26.6 Å². The average molecular weight is 344 g/mol. The highest BCUT2D eigenvalue weighted by atomic mass is 32.2. The number of pyridine rings is 1.